The lowest BCUT2D eigenvalue weighted by Gasteiger charge is -2.42. The number of rotatable bonds is 7. The van der Waals surface area contributed by atoms with Gasteiger partial charge in [-0.05, 0) is 36.3 Å². The molecule has 0 aliphatic heterocycles. The molecule has 0 aromatic rings. The predicted octanol–water partition coefficient (Wildman–Crippen LogP) is 5.23. The summed E-state index contributed by atoms with van der Waals surface area (Å²) in [6.07, 6.45) is 0.847. The van der Waals surface area contributed by atoms with E-state index in [0.29, 0.717) is 6.61 Å². The first-order valence-corrected chi connectivity index (χ1v) is 14.1. The zero-order chi connectivity index (χ0) is 18.0. The van der Waals surface area contributed by atoms with Crippen LogP contribution in [0.3, 0.4) is 0 Å². The molecule has 0 radical (unpaired) electrons. The Bertz CT molecular complexity index is 365. The molecule has 0 saturated heterocycles. The Morgan fingerprint density at radius 2 is 1.32 bits per heavy atom. The van der Waals surface area contributed by atoms with E-state index in [1.165, 1.54) is 0 Å². The fraction of sp³-hybridized carbons (Fsp3) is 0.941. The lowest BCUT2D eigenvalue weighted by molar-refractivity contribution is -0.114. The first-order valence-electron chi connectivity index (χ1n) is 8.32. The van der Waals surface area contributed by atoms with Gasteiger partial charge in [-0.15, -0.1) is 0 Å². The highest BCUT2D eigenvalue weighted by molar-refractivity contribution is 6.74. The van der Waals surface area contributed by atoms with Crippen molar-refractivity contribution in [1.29, 1.82) is 0 Å². The molecule has 0 heterocycles. The van der Waals surface area contributed by atoms with E-state index in [0.717, 1.165) is 6.29 Å². The summed E-state index contributed by atoms with van der Waals surface area (Å²) >= 11 is 0. The van der Waals surface area contributed by atoms with Crippen molar-refractivity contribution in [3.8, 4) is 0 Å². The number of carbonyl (C=O) groups is 1. The van der Waals surface area contributed by atoms with Crippen molar-refractivity contribution in [2.45, 2.75) is 90.8 Å². The fourth-order valence-electron chi connectivity index (χ4n) is 1.44. The van der Waals surface area contributed by atoms with Gasteiger partial charge in [0.2, 0.25) is 0 Å². The molecule has 0 rings (SSSR count). The average molecular weight is 347 g/mol. The number of hydrogen-bond acceptors (Lipinski definition) is 3. The minimum absolute atomic E-state index is 0.130. The number of carbonyl (C=O) groups excluding carboxylic acids is 1. The molecule has 0 spiro atoms. The minimum Gasteiger partial charge on any atom is -0.414 e. The molecule has 0 saturated carbocycles. The second kappa shape index (κ2) is 7.28. The van der Waals surface area contributed by atoms with Crippen molar-refractivity contribution >= 4 is 22.9 Å². The highest BCUT2D eigenvalue weighted by atomic mass is 28.4. The van der Waals surface area contributed by atoms with Gasteiger partial charge in [0.25, 0.3) is 0 Å². The Balaban J connectivity index is 5.08. The third kappa shape index (κ3) is 5.91. The first kappa shape index (κ1) is 22.0. The summed E-state index contributed by atoms with van der Waals surface area (Å²) in [5, 5.41) is 0.295. The Labute approximate surface area is 140 Å². The summed E-state index contributed by atoms with van der Waals surface area (Å²) in [4.78, 5) is 11.3. The maximum atomic E-state index is 11.3. The smallest absolute Gasteiger partial charge is 0.192 e. The van der Waals surface area contributed by atoms with E-state index in [9.17, 15) is 4.79 Å². The van der Waals surface area contributed by atoms with Crippen LogP contribution in [-0.2, 0) is 13.6 Å². The lowest BCUT2D eigenvalue weighted by Crippen LogP contribution is -2.49. The molecule has 5 heteroatoms. The number of hydrogen-bond donors (Lipinski definition) is 0. The molecular formula is C17H38O3Si2. The lowest BCUT2D eigenvalue weighted by atomic mass is 10.1. The van der Waals surface area contributed by atoms with Gasteiger partial charge in [0, 0.05) is 5.92 Å². The molecule has 2 atom stereocenters. The Morgan fingerprint density at radius 1 is 0.909 bits per heavy atom. The van der Waals surface area contributed by atoms with Crippen LogP contribution in [0.2, 0.25) is 36.3 Å². The maximum absolute atomic E-state index is 11.3. The van der Waals surface area contributed by atoms with Crippen LogP contribution in [0.1, 0.15) is 48.5 Å². The zero-order valence-electron chi connectivity index (χ0n) is 16.7. The average Bonchev–Trinajstić information content (AvgIpc) is 2.30. The molecule has 0 aromatic heterocycles. The molecule has 0 amide bonds. The van der Waals surface area contributed by atoms with Crippen LogP contribution in [0.25, 0.3) is 0 Å². The molecule has 0 unspecified atom stereocenters. The van der Waals surface area contributed by atoms with Gasteiger partial charge in [-0.1, -0.05) is 48.5 Å². The molecule has 0 aromatic carbocycles. The molecule has 0 N–H and O–H groups in total. The second-order valence-corrected chi connectivity index (χ2v) is 19.0. The predicted molar refractivity (Wildman–Crippen MR) is 100 cm³/mol. The van der Waals surface area contributed by atoms with Crippen LogP contribution < -0.4 is 0 Å². The summed E-state index contributed by atoms with van der Waals surface area (Å²) in [6, 6.07) is 0. The largest absolute Gasteiger partial charge is 0.414 e. The molecule has 22 heavy (non-hydrogen) atoms. The fourth-order valence-corrected chi connectivity index (χ4v) is 3.85. The molecule has 0 aliphatic carbocycles. The van der Waals surface area contributed by atoms with Crippen molar-refractivity contribution in [3.63, 3.8) is 0 Å². The zero-order valence-corrected chi connectivity index (χ0v) is 18.7. The second-order valence-electron chi connectivity index (χ2n) is 9.48. The Kier molecular flexibility index (Phi) is 7.29. The summed E-state index contributed by atoms with van der Waals surface area (Å²) in [6.45, 7) is 24.7. The van der Waals surface area contributed by atoms with E-state index in [4.69, 9.17) is 8.85 Å². The Morgan fingerprint density at radius 3 is 1.64 bits per heavy atom. The van der Waals surface area contributed by atoms with Crippen molar-refractivity contribution in [1.82, 2.24) is 0 Å². The van der Waals surface area contributed by atoms with Gasteiger partial charge in [-0.25, -0.2) is 0 Å². The van der Waals surface area contributed by atoms with E-state index in [1.807, 2.05) is 6.92 Å². The van der Waals surface area contributed by atoms with Crippen LogP contribution in [0, 0.1) is 5.92 Å². The van der Waals surface area contributed by atoms with Gasteiger partial charge in [0.1, 0.15) is 6.29 Å². The topological polar surface area (TPSA) is 35.5 Å². The highest BCUT2D eigenvalue weighted by Crippen LogP contribution is 2.39. The standard InChI is InChI=1S/C17H38O3Si2/c1-14(12-18)15(20-22(10,11)17(5,6)7)13-19-21(8,9)16(2,3)4/h12,14-15H,13H2,1-11H3/t14-,15+/m1/s1. The van der Waals surface area contributed by atoms with Gasteiger partial charge >= 0.3 is 0 Å². The molecule has 0 bridgehead atoms. The molecular weight excluding hydrogens is 308 g/mol. The minimum atomic E-state index is -1.91. The SMILES string of the molecule is C[C@H](C=O)[C@H](CO[Si](C)(C)C(C)(C)C)O[Si](C)(C)C(C)(C)C. The van der Waals surface area contributed by atoms with Gasteiger partial charge in [-0.2, -0.15) is 0 Å². The van der Waals surface area contributed by atoms with Crippen LogP contribution in [0.5, 0.6) is 0 Å². The molecule has 3 nitrogen and oxygen atoms in total. The summed E-state index contributed by atoms with van der Waals surface area (Å²) in [7, 11) is -3.74. The molecule has 0 aliphatic rings. The van der Waals surface area contributed by atoms with E-state index in [-0.39, 0.29) is 22.1 Å². The quantitative estimate of drug-likeness (QED) is 0.467. The molecule has 132 valence electrons. The van der Waals surface area contributed by atoms with Gasteiger partial charge < -0.3 is 13.6 Å². The van der Waals surface area contributed by atoms with Crippen LogP contribution in [-0.4, -0.2) is 35.6 Å². The third-order valence-electron chi connectivity index (χ3n) is 5.47. The van der Waals surface area contributed by atoms with Crippen molar-refractivity contribution < 1.29 is 13.6 Å². The van der Waals surface area contributed by atoms with E-state index in [2.05, 4.69) is 67.7 Å². The van der Waals surface area contributed by atoms with Gasteiger partial charge in [0.15, 0.2) is 16.6 Å². The monoisotopic (exact) mass is 346 g/mol. The van der Waals surface area contributed by atoms with Crippen LogP contribution in [0.15, 0.2) is 0 Å². The molecule has 0 fully saturated rings. The summed E-state index contributed by atoms with van der Waals surface area (Å²) in [5.41, 5.74) is 0. The third-order valence-corrected chi connectivity index (χ3v) is 14.5. The van der Waals surface area contributed by atoms with Crippen molar-refractivity contribution in [2.24, 2.45) is 5.92 Å². The van der Waals surface area contributed by atoms with Crippen LogP contribution in [0.4, 0.5) is 0 Å². The van der Waals surface area contributed by atoms with Crippen molar-refractivity contribution in [3.05, 3.63) is 0 Å². The van der Waals surface area contributed by atoms with Crippen molar-refractivity contribution in [2.75, 3.05) is 6.61 Å². The maximum Gasteiger partial charge on any atom is 0.192 e. The van der Waals surface area contributed by atoms with E-state index in [1.54, 1.807) is 0 Å². The van der Waals surface area contributed by atoms with E-state index < -0.39 is 16.6 Å². The summed E-state index contributed by atoms with van der Waals surface area (Å²) < 4.78 is 12.8. The Hall–Kier alpha value is 0.0238. The normalized spacial score (nSPS) is 17.2. The highest BCUT2D eigenvalue weighted by Gasteiger charge is 2.42. The first-order chi connectivity index (χ1) is 9.55. The van der Waals surface area contributed by atoms with E-state index >= 15 is 0 Å². The summed E-state index contributed by atoms with van der Waals surface area (Å²) in [5.74, 6) is -0.140. The number of aldehydes is 1. The van der Waals surface area contributed by atoms with Gasteiger partial charge in [-0.3, -0.25) is 0 Å². The van der Waals surface area contributed by atoms with Crippen LogP contribution >= 0.6 is 0 Å². The van der Waals surface area contributed by atoms with Gasteiger partial charge in [0.05, 0.1) is 12.7 Å².